The van der Waals surface area contributed by atoms with Crippen LogP contribution in [0.4, 0.5) is 0 Å². The molecule has 0 saturated carbocycles. The van der Waals surface area contributed by atoms with E-state index in [2.05, 4.69) is 6.07 Å². The minimum atomic E-state index is -0.300. The molecule has 2 aromatic rings. The van der Waals surface area contributed by atoms with Crippen molar-refractivity contribution in [3.8, 4) is 0 Å². The van der Waals surface area contributed by atoms with Crippen LogP contribution >= 0.6 is 0 Å². The van der Waals surface area contributed by atoms with Crippen LogP contribution in [0, 0.1) is 6.92 Å². The fraction of sp³-hybridized carbons (Fsp3) is 0.250. The van der Waals surface area contributed by atoms with Gasteiger partial charge in [0.25, 0.3) is 0 Å². The van der Waals surface area contributed by atoms with Gasteiger partial charge in [0.15, 0.2) is 0 Å². The summed E-state index contributed by atoms with van der Waals surface area (Å²) in [5.41, 5.74) is 2.81. The summed E-state index contributed by atoms with van der Waals surface area (Å²) >= 11 is 0. The molecule has 0 fully saturated rings. The molecule has 0 bridgehead atoms. The summed E-state index contributed by atoms with van der Waals surface area (Å²) in [6.07, 6.45) is 0. The summed E-state index contributed by atoms with van der Waals surface area (Å²) in [5.74, 6) is -0.300. The van der Waals surface area contributed by atoms with Gasteiger partial charge in [-0.05, 0) is 24.6 Å². The second-order valence-electron chi connectivity index (χ2n) is 3.64. The SMILES string of the molecule is COC(=O)c1cc2ccc(C)cc2n1C. The van der Waals surface area contributed by atoms with Crippen molar-refractivity contribution in [2.45, 2.75) is 6.92 Å². The molecule has 0 aliphatic carbocycles. The molecule has 0 aliphatic rings. The van der Waals surface area contributed by atoms with E-state index in [0.717, 1.165) is 10.9 Å². The number of esters is 1. The van der Waals surface area contributed by atoms with E-state index in [-0.39, 0.29) is 5.97 Å². The fourth-order valence-corrected chi connectivity index (χ4v) is 1.74. The van der Waals surface area contributed by atoms with Crippen LogP contribution in [0.2, 0.25) is 0 Å². The minimum Gasteiger partial charge on any atom is -0.464 e. The number of carbonyl (C=O) groups is 1. The van der Waals surface area contributed by atoms with Crippen molar-refractivity contribution >= 4 is 16.9 Å². The Bertz CT molecular complexity index is 526. The highest BCUT2D eigenvalue weighted by Gasteiger charge is 2.12. The molecular weight excluding hydrogens is 190 g/mol. The Morgan fingerprint density at radius 3 is 2.73 bits per heavy atom. The first kappa shape index (κ1) is 9.77. The van der Waals surface area contributed by atoms with Gasteiger partial charge in [0.05, 0.1) is 7.11 Å². The minimum absolute atomic E-state index is 0.300. The number of aryl methyl sites for hydroxylation is 2. The Balaban J connectivity index is 2.69. The van der Waals surface area contributed by atoms with Gasteiger partial charge in [-0.25, -0.2) is 4.79 Å². The quantitative estimate of drug-likeness (QED) is 0.666. The van der Waals surface area contributed by atoms with Crippen LogP contribution in [-0.2, 0) is 11.8 Å². The van der Waals surface area contributed by atoms with Gasteiger partial charge in [-0.1, -0.05) is 12.1 Å². The molecular formula is C12H13NO2. The predicted octanol–water partition coefficient (Wildman–Crippen LogP) is 2.27. The predicted molar refractivity (Wildman–Crippen MR) is 59.0 cm³/mol. The average molecular weight is 203 g/mol. The molecule has 15 heavy (non-hydrogen) atoms. The summed E-state index contributed by atoms with van der Waals surface area (Å²) in [5, 5.41) is 1.06. The Kier molecular flexibility index (Phi) is 2.23. The van der Waals surface area contributed by atoms with E-state index in [1.54, 1.807) is 0 Å². The summed E-state index contributed by atoms with van der Waals surface area (Å²) in [7, 11) is 3.26. The lowest BCUT2D eigenvalue weighted by molar-refractivity contribution is 0.0590. The van der Waals surface area contributed by atoms with Gasteiger partial charge in [0.1, 0.15) is 5.69 Å². The zero-order chi connectivity index (χ0) is 11.0. The van der Waals surface area contributed by atoms with Crippen molar-refractivity contribution in [2.75, 3.05) is 7.11 Å². The van der Waals surface area contributed by atoms with Gasteiger partial charge < -0.3 is 9.30 Å². The molecule has 0 aliphatic heterocycles. The van der Waals surface area contributed by atoms with Crippen molar-refractivity contribution in [1.29, 1.82) is 0 Å². The number of ether oxygens (including phenoxy) is 1. The lowest BCUT2D eigenvalue weighted by Gasteiger charge is -2.01. The third-order valence-corrected chi connectivity index (χ3v) is 2.60. The summed E-state index contributed by atoms with van der Waals surface area (Å²) in [6.45, 7) is 2.03. The third kappa shape index (κ3) is 1.50. The smallest absolute Gasteiger partial charge is 0.354 e. The summed E-state index contributed by atoms with van der Waals surface area (Å²) in [4.78, 5) is 11.4. The summed E-state index contributed by atoms with van der Waals surface area (Å²) < 4.78 is 6.57. The molecule has 3 nitrogen and oxygen atoms in total. The van der Waals surface area contributed by atoms with E-state index in [4.69, 9.17) is 4.74 Å². The molecule has 0 amide bonds. The molecule has 0 unspecified atom stereocenters. The molecule has 78 valence electrons. The van der Waals surface area contributed by atoms with Crippen molar-refractivity contribution in [3.05, 3.63) is 35.5 Å². The Labute approximate surface area is 88.3 Å². The van der Waals surface area contributed by atoms with Crippen molar-refractivity contribution in [1.82, 2.24) is 4.57 Å². The first-order valence-electron chi connectivity index (χ1n) is 4.78. The Hall–Kier alpha value is -1.77. The molecule has 0 spiro atoms. The lowest BCUT2D eigenvalue weighted by atomic mass is 10.2. The number of fused-ring (bicyclic) bond motifs is 1. The fourth-order valence-electron chi connectivity index (χ4n) is 1.74. The van der Waals surface area contributed by atoms with Crippen LogP contribution in [0.5, 0.6) is 0 Å². The van der Waals surface area contributed by atoms with Crippen LogP contribution in [0.15, 0.2) is 24.3 Å². The van der Waals surface area contributed by atoms with Gasteiger partial charge in [0.2, 0.25) is 0 Å². The Morgan fingerprint density at radius 1 is 1.33 bits per heavy atom. The van der Waals surface area contributed by atoms with Gasteiger partial charge in [0, 0.05) is 18.0 Å². The van der Waals surface area contributed by atoms with Crippen LogP contribution in [0.25, 0.3) is 10.9 Å². The third-order valence-electron chi connectivity index (χ3n) is 2.60. The topological polar surface area (TPSA) is 31.2 Å². The first-order valence-corrected chi connectivity index (χ1v) is 4.78. The Morgan fingerprint density at radius 2 is 2.07 bits per heavy atom. The zero-order valence-corrected chi connectivity index (χ0v) is 9.07. The second kappa shape index (κ2) is 3.42. The molecule has 2 rings (SSSR count). The van der Waals surface area contributed by atoms with Crippen molar-refractivity contribution in [3.63, 3.8) is 0 Å². The van der Waals surface area contributed by atoms with E-state index in [9.17, 15) is 4.79 Å². The number of nitrogens with zero attached hydrogens (tertiary/aromatic N) is 1. The monoisotopic (exact) mass is 203 g/mol. The maximum Gasteiger partial charge on any atom is 0.354 e. The molecule has 0 radical (unpaired) electrons. The molecule has 1 aromatic carbocycles. The van der Waals surface area contributed by atoms with E-state index < -0.39 is 0 Å². The maximum atomic E-state index is 11.4. The molecule has 1 heterocycles. The van der Waals surface area contributed by atoms with Gasteiger partial charge in [-0.15, -0.1) is 0 Å². The number of benzene rings is 1. The number of hydrogen-bond donors (Lipinski definition) is 0. The largest absolute Gasteiger partial charge is 0.464 e. The van der Waals surface area contributed by atoms with Crippen LogP contribution in [-0.4, -0.2) is 17.6 Å². The number of rotatable bonds is 1. The first-order chi connectivity index (χ1) is 7.13. The number of carbonyl (C=O) groups excluding carboxylic acids is 1. The van der Waals surface area contributed by atoms with Crippen molar-refractivity contribution in [2.24, 2.45) is 7.05 Å². The van der Waals surface area contributed by atoms with Crippen LogP contribution in [0.1, 0.15) is 16.1 Å². The van der Waals surface area contributed by atoms with Crippen molar-refractivity contribution < 1.29 is 9.53 Å². The van der Waals surface area contributed by atoms with E-state index >= 15 is 0 Å². The highest BCUT2D eigenvalue weighted by molar-refractivity contribution is 5.95. The van der Waals surface area contributed by atoms with Gasteiger partial charge in [-0.2, -0.15) is 0 Å². The van der Waals surface area contributed by atoms with E-state index in [0.29, 0.717) is 5.69 Å². The highest BCUT2D eigenvalue weighted by atomic mass is 16.5. The molecule has 0 saturated heterocycles. The van der Waals surface area contributed by atoms with Crippen LogP contribution < -0.4 is 0 Å². The lowest BCUT2D eigenvalue weighted by Crippen LogP contribution is -2.06. The van der Waals surface area contributed by atoms with Gasteiger partial charge in [-0.3, -0.25) is 0 Å². The van der Waals surface area contributed by atoms with E-state index in [1.807, 2.05) is 36.7 Å². The normalized spacial score (nSPS) is 10.6. The number of methoxy groups -OCH3 is 1. The van der Waals surface area contributed by atoms with Crippen LogP contribution in [0.3, 0.4) is 0 Å². The zero-order valence-electron chi connectivity index (χ0n) is 9.07. The maximum absolute atomic E-state index is 11.4. The molecule has 3 heteroatoms. The molecule has 1 aromatic heterocycles. The highest BCUT2D eigenvalue weighted by Crippen LogP contribution is 2.20. The molecule has 0 atom stereocenters. The molecule has 0 N–H and O–H groups in total. The second-order valence-corrected chi connectivity index (χ2v) is 3.64. The number of hydrogen-bond acceptors (Lipinski definition) is 2. The summed E-state index contributed by atoms with van der Waals surface area (Å²) in [6, 6.07) is 7.95. The number of aromatic nitrogens is 1. The van der Waals surface area contributed by atoms with E-state index in [1.165, 1.54) is 12.7 Å². The average Bonchev–Trinajstić information content (AvgIpc) is 2.55. The van der Waals surface area contributed by atoms with Gasteiger partial charge >= 0.3 is 5.97 Å². The standard InChI is InChI=1S/C12H13NO2/c1-8-4-5-9-7-11(12(14)15-3)13(2)10(9)6-8/h4-7H,1-3H3.